The van der Waals surface area contributed by atoms with Crippen LogP contribution in [0.3, 0.4) is 0 Å². The van der Waals surface area contributed by atoms with Crippen LogP contribution in [0, 0.1) is 0 Å². The molecule has 0 unspecified atom stereocenters. The van der Waals surface area contributed by atoms with E-state index < -0.39 is 28.5 Å². The zero-order chi connectivity index (χ0) is 25.6. The fourth-order valence-corrected chi connectivity index (χ4v) is 4.90. The largest absolute Gasteiger partial charge is 0.497 e. The predicted molar refractivity (Wildman–Crippen MR) is 135 cm³/mol. The van der Waals surface area contributed by atoms with Crippen molar-refractivity contribution in [3.63, 3.8) is 0 Å². The number of nitrogens with one attached hydrogen (secondary N) is 1. The smallest absolute Gasteiger partial charge is 0.243 e. The zero-order valence-electron chi connectivity index (χ0n) is 20.4. The highest BCUT2D eigenvalue weighted by Crippen LogP contribution is 2.22. The van der Waals surface area contributed by atoms with E-state index in [2.05, 4.69) is 5.32 Å². The summed E-state index contributed by atoms with van der Waals surface area (Å²) in [6.07, 6.45) is 0. The molecule has 0 saturated carbocycles. The number of carbonyl (C=O) groups is 2. The van der Waals surface area contributed by atoms with E-state index in [9.17, 15) is 18.0 Å². The Labute approximate surface area is 206 Å². The number of likely N-dealkylation sites (N-methyl/N-ethyl adjacent to an activating group) is 2. The number of rotatable bonds is 10. The summed E-state index contributed by atoms with van der Waals surface area (Å²) in [5, 5.41) is 4.44. The number of fused-ring (bicyclic) bond motifs is 1. The topological polar surface area (TPSA) is 96.0 Å². The number of hydrogen-bond donors (Lipinski definition) is 1. The number of carbonyl (C=O) groups excluding carboxylic acids is 2. The van der Waals surface area contributed by atoms with E-state index in [1.54, 1.807) is 51.3 Å². The summed E-state index contributed by atoms with van der Waals surface area (Å²) in [6.45, 7) is 3.55. The van der Waals surface area contributed by atoms with E-state index in [0.29, 0.717) is 12.3 Å². The molecule has 0 heterocycles. The molecule has 0 spiro atoms. The van der Waals surface area contributed by atoms with Gasteiger partial charge in [-0.05, 0) is 54.4 Å². The van der Waals surface area contributed by atoms with E-state index >= 15 is 0 Å². The molecule has 0 aromatic heterocycles. The first-order valence-electron chi connectivity index (χ1n) is 11.3. The summed E-state index contributed by atoms with van der Waals surface area (Å²) in [6, 6.07) is 18.7. The molecule has 3 rings (SSSR count). The van der Waals surface area contributed by atoms with Gasteiger partial charge in [-0.15, -0.1) is 0 Å². The molecule has 0 aliphatic carbocycles. The Morgan fingerprint density at radius 2 is 1.71 bits per heavy atom. The lowest BCUT2D eigenvalue weighted by Crippen LogP contribution is -2.50. The minimum absolute atomic E-state index is 0.0996. The van der Waals surface area contributed by atoms with Gasteiger partial charge in [0.15, 0.2) is 0 Å². The van der Waals surface area contributed by atoms with Crippen LogP contribution in [-0.2, 0) is 26.2 Å². The first-order chi connectivity index (χ1) is 16.7. The van der Waals surface area contributed by atoms with Crippen molar-refractivity contribution >= 4 is 32.6 Å². The third-order valence-electron chi connectivity index (χ3n) is 5.79. The van der Waals surface area contributed by atoms with Gasteiger partial charge in [0.25, 0.3) is 0 Å². The third kappa shape index (κ3) is 6.17. The van der Waals surface area contributed by atoms with Crippen molar-refractivity contribution in [2.24, 2.45) is 0 Å². The Hall–Kier alpha value is -3.43. The van der Waals surface area contributed by atoms with Crippen LogP contribution < -0.4 is 10.1 Å². The predicted octanol–water partition coefficient (Wildman–Crippen LogP) is 3.02. The van der Waals surface area contributed by atoms with Gasteiger partial charge >= 0.3 is 0 Å². The van der Waals surface area contributed by atoms with Gasteiger partial charge < -0.3 is 15.0 Å². The Kier molecular flexibility index (Phi) is 8.48. The number of hydrogen-bond acceptors (Lipinski definition) is 5. The monoisotopic (exact) mass is 497 g/mol. The first kappa shape index (κ1) is 26.2. The van der Waals surface area contributed by atoms with Crippen LogP contribution in [0.15, 0.2) is 71.6 Å². The molecule has 186 valence electrons. The maximum atomic E-state index is 13.4. The van der Waals surface area contributed by atoms with E-state index in [4.69, 9.17) is 4.74 Å². The van der Waals surface area contributed by atoms with Gasteiger partial charge in [-0.2, -0.15) is 4.31 Å². The Morgan fingerprint density at radius 1 is 1.00 bits per heavy atom. The van der Waals surface area contributed by atoms with Crippen molar-refractivity contribution < 1.29 is 22.7 Å². The second kappa shape index (κ2) is 11.3. The second-order valence-corrected chi connectivity index (χ2v) is 10.3. The molecule has 0 saturated heterocycles. The number of nitrogens with zero attached hydrogens (tertiary/aromatic N) is 2. The lowest BCUT2D eigenvalue weighted by atomic mass is 10.1. The van der Waals surface area contributed by atoms with Crippen LogP contribution in [0.2, 0.25) is 0 Å². The SMILES string of the molecule is CCNC(=O)[C@@H](C)N(Cc1cccc(OC)c1)C(=O)CN(C)S(=O)(=O)c1ccc2ccccc2c1. The summed E-state index contributed by atoms with van der Waals surface area (Å²) in [5.74, 6) is -0.182. The van der Waals surface area contributed by atoms with E-state index in [0.717, 1.165) is 20.6 Å². The first-order valence-corrected chi connectivity index (χ1v) is 12.8. The maximum absolute atomic E-state index is 13.4. The minimum atomic E-state index is -3.93. The summed E-state index contributed by atoms with van der Waals surface area (Å²) in [4.78, 5) is 27.4. The van der Waals surface area contributed by atoms with E-state index in [1.807, 2.05) is 30.3 Å². The Balaban J connectivity index is 1.85. The molecule has 0 aliphatic heterocycles. The van der Waals surface area contributed by atoms with Gasteiger partial charge in [-0.25, -0.2) is 8.42 Å². The molecule has 1 atom stereocenters. The van der Waals surface area contributed by atoms with Gasteiger partial charge in [-0.3, -0.25) is 9.59 Å². The van der Waals surface area contributed by atoms with Crippen LogP contribution >= 0.6 is 0 Å². The van der Waals surface area contributed by atoms with E-state index in [1.165, 1.54) is 18.0 Å². The van der Waals surface area contributed by atoms with Gasteiger partial charge in [0.1, 0.15) is 11.8 Å². The third-order valence-corrected chi connectivity index (χ3v) is 7.59. The van der Waals surface area contributed by atoms with Crippen molar-refractivity contribution in [1.82, 2.24) is 14.5 Å². The standard InChI is InChI=1S/C26H31N3O5S/c1-5-27-26(31)19(2)29(17-20-9-8-12-23(15-20)34-4)25(30)18-28(3)35(32,33)24-14-13-21-10-6-7-11-22(21)16-24/h6-16,19H,5,17-18H2,1-4H3,(H,27,31)/t19-/m1/s1. The van der Waals surface area contributed by atoms with Gasteiger partial charge in [0.05, 0.1) is 18.6 Å². The summed E-state index contributed by atoms with van der Waals surface area (Å²) >= 11 is 0. The molecule has 2 amide bonds. The Morgan fingerprint density at radius 3 is 2.40 bits per heavy atom. The van der Waals surface area contributed by atoms with Gasteiger partial charge in [0, 0.05) is 20.1 Å². The van der Waals surface area contributed by atoms with Crippen LogP contribution in [0.4, 0.5) is 0 Å². The lowest BCUT2D eigenvalue weighted by Gasteiger charge is -2.30. The molecular formula is C26H31N3O5S. The fourth-order valence-electron chi connectivity index (χ4n) is 3.75. The number of sulfonamides is 1. The molecule has 3 aromatic rings. The molecule has 1 N–H and O–H groups in total. The fraction of sp³-hybridized carbons (Fsp3) is 0.308. The van der Waals surface area contributed by atoms with Crippen LogP contribution in [0.25, 0.3) is 10.8 Å². The van der Waals surface area contributed by atoms with Crippen molar-refractivity contribution in [3.8, 4) is 5.75 Å². The molecule has 0 bridgehead atoms. The zero-order valence-corrected chi connectivity index (χ0v) is 21.2. The minimum Gasteiger partial charge on any atom is -0.497 e. The molecule has 35 heavy (non-hydrogen) atoms. The second-order valence-electron chi connectivity index (χ2n) is 8.21. The van der Waals surface area contributed by atoms with Gasteiger partial charge in [-0.1, -0.05) is 42.5 Å². The summed E-state index contributed by atoms with van der Waals surface area (Å²) < 4.78 is 32.8. The molecule has 0 radical (unpaired) electrons. The molecule has 0 fully saturated rings. The van der Waals surface area contributed by atoms with Crippen LogP contribution in [0.5, 0.6) is 5.75 Å². The highest BCUT2D eigenvalue weighted by molar-refractivity contribution is 7.89. The van der Waals surface area contributed by atoms with Crippen molar-refractivity contribution in [2.45, 2.75) is 31.3 Å². The molecule has 0 aliphatic rings. The maximum Gasteiger partial charge on any atom is 0.243 e. The molecule has 3 aromatic carbocycles. The highest BCUT2D eigenvalue weighted by Gasteiger charge is 2.30. The molecule has 9 heteroatoms. The van der Waals surface area contributed by atoms with Gasteiger partial charge in [0.2, 0.25) is 21.8 Å². The van der Waals surface area contributed by atoms with Crippen molar-refractivity contribution in [1.29, 1.82) is 0 Å². The van der Waals surface area contributed by atoms with E-state index in [-0.39, 0.29) is 17.3 Å². The highest BCUT2D eigenvalue weighted by atomic mass is 32.2. The number of amides is 2. The number of ether oxygens (including phenoxy) is 1. The average molecular weight is 498 g/mol. The normalized spacial score (nSPS) is 12.4. The summed E-state index contributed by atoms with van der Waals surface area (Å²) in [7, 11) is -1.02. The molecule has 8 nitrogen and oxygen atoms in total. The van der Waals surface area contributed by atoms with Crippen LogP contribution in [0.1, 0.15) is 19.4 Å². The quantitative estimate of drug-likeness (QED) is 0.465. The molecular weight excluding hydrogens is 466 g/mol. The lowest BCUT2D eigenvalue weighted by molar-refractivity contribution is -0.140. The Bertz CT molecular complexity index is 1310. The number of methoxy groups -OCH3 is 1. The van der Waals surface area contributed by atoms with Crippen molar-refractivity contribution in [3.05, 3.63) is 72.3 Å². The average Bonchev–Trinajstić information content (AvgIpc) is 2.86. The van der Waals surface area contributed by atoms with Crippen LogP contribution in [-0.4, -0.2) is 62.7 Å². The van der Waals surface area contributed by atoms with Crippen molar-refractivity contribution in [2.75, 3.05) is 27.2 Å². The summed E-state index contributed by atoms with van der Waals surface area (Å²) in [5.41, 5.74) is 0.758. The number of benzene rings is 3.